The number of carboxylic acid groups (broad SMARTS) is 1. The molecular formula is C10H14N6O2. The summed E-state index contributed by atoms with van der Waals surface area (Å²) in [5.74, 6) is 0.165. The van der Waals surface area contributed by atoms with Gasteiger partial charge in [0.1, 0.15) is 5.82 Å². The van der Waals surface area contributed by atoms with Crippen LogP contribution in [-0.2, 0) is 4.79 Å². The van der Waals surface area contributed by atoms with Gasteiger partial charge in [0.25, 0.3) is 0 Å². The van der Waals surface area contributed by atoms with Crippen molar-refractivity contribution in [3.05, 3.63) is 12.4 Å². The van der Waals surface area contributed by atoms with Gasteiger partial charge in [-0.05, 0) is 22.8 Å². The molecule has 8 heteroatoms. The van der Waals surface area contributed by atoms with E-state index in [9.17, 15) is 4.79 Å². The normalized spacial score (nSPS) is 12.5. The monoisotopic (exact) mass is 250 g/mol. The first-order valence-corrected chi connectivity index (χ1v) is 5.64. The molecule has 1 atom stereocenters. The number of tetrazole rings is 1. The van der Waals surface area contributed by atoms with Crippen molar-refractivity contribution in [2.24, 2.45) is 5.92 Å². The van der Waals surface area contributed by atoms with Gasteiger partial charge in [-0.1, -0.05) is 6.92 Å². The molecule has 0 aromatic carbocycles. The molecule has 1 unspecified atom stereocenters. The third-order valence-corrected chi connectivity index (χ3v) is 2.59. The molecule has 0 radical (unpaired) electrons. The third-order valence-electron chi connectivity index (χ3n) is 2.59. The summed E-state index contributed by atoms with van der Waals surface area (Å²) in [4.78, 5) is 14.5. The van der Waals surface area contributed by atoms with Crippen LogP contribution in [0.1, 0.15) is 19.8 Å². The van der Waals surface area contributed by atoms with E-state index in [0.717, 1.165) is 0 Å². The van der Waals surface area contributed by atoms with Crippen LogP contribution in [0.2, 0.25) is 0 Å². The van der Waals surface area contributed by atoms with Crippen molar-refractivity contribution in [3.8, 4) is 0 Å². The van der Waals surface area contributed by atoms with Gasteiger partial charge >= 0.3 is 5.97 Å². The summed E-state index contributed by atoms with van der Waals surface area (Å²) in [6, 6.07) is 0. The van der Waals surface area contributed by atoms with E-state index >= 15 is 0 Å². The number of hydrogen-bond acceptors (Lipinski definition) is 6. The largest absolute Gasteiger partial charge is 0.481 e. The minimum Gasteiger partial charge on any atom is -0.481 e. The molecule has 2 aromatic rings. The molecule has 2 aromatic heterocycles. The highest BCUT2D eigenvalue weighted by molar-refractivity contribution is 5.66. The summed E-state index contributed by atoms with van der Waals surface area (Å²) in [7, 11) is 0. The van der Waals surface area contributed by atoms with Crippen LogP contribution >= 0.6 is 0 Å². The van der Waals surface area contributed by atoms with E-state index in [0.29, 0.717) is 24.4 Å². The highest BCUT2D eigenvalue weighted by Crippen LogP contribution is 2.10. The number of fused-ring (bicyclic) bond motifs is 1. The lowest BCUT2D eigenvalue weighted by Crippen LogP contribution is -2.15. The Morgan fingerprint density at radius 3 is 3.17 bits per heavy atom. The van der Waals surface area contributed by atoms with Crippen molar-refractivity contribution >= 4 is 17.4 Å². The van der Waals surface area contributed by atoms with Crippen LogP contribution in [0.3, 0.4) is 0 Å². The van der Waals surface area contributed by atoms with Crippen LogP contribution in [-0.4, -0.2) is 42.6 Å². The fraction of sp³-hybridized carbons (Fsp3) is 0.500. The van der Waals surface area contributed by atoms with E-state index in [2.05, 4.69) is 25.8 Å². The van der Waals surface area contributed by atoms with Crippen LogP contribution < -0.4 is 5.32 Å². The first-order chi connectivity index (χ1) is 8.66. The van der Waals surface area contributed by atoms with Crippen molar-refractivity contribution in [1.82, 2.24) is 25.0 Å². The summed E-state index contributed by atoms with van der Waals surface area (Å²) in [5.41, 5.74) is 0.568. The summed E-state index contributed by atoms with van der Waals surface area (Å²) >= 11 is 0. The Morgan fingerprint density at radius 2 is 2.39 bits per heavy atom. The summed E-state index contributed by atoms with van der Waals surface area (Å²) in [6.45, 7) is 2.64. The van der Waals surface area contributed by atoms with E-state index in [1.165, 1.54) is 0 Å². The maximum absolute atomic E-state index is 10.5. The second-order valence-corrected chi connectivity index (χ2v) is 4.16. The molecule has 0 aliphatic rings. The van der Waals surface area contributed by atoms with E-state index in [1.54, 1.807) is 16.9 Å². The predicted octanol–water partition coefficient (Wildman–Crippen LogP) is 0.432. The Balaban J connectivity index is 1.93. The Morgan fingerprint density at radius 1 is 1.56 bits per heavy atom. The number of anilines is 1. The lowest BCUT2D eigenvalue weighted by molar-refractivity contribution is -0.137. The molecule has 0 amide bonds. The lowest BCUT2D eigenvalue weighted by atomic mass is 10.1. The van der Waals surface area contributed by atoms with Crippen molar-refractivity contribution in [2.45, 2.75) is 19.8 Å². The van der Waals surface area contributed by atoms with Crippen LogP contribution in [0.15, 0.2) is 12.4 Å². The molecule has 0 saturated carbocycles. The van der Waals surface area contributed by atoms with E-state index in [1.807, 2.05) is 6.92 Å². The molecule has 0 aliphatic carbocycles. The molecule has 2 rings (SSSR count). The molecule has 96 valence electrons. The van der Waals surface area contributed by atoms with Crippen LogP contribution in [0.4, 0.5) is 5.82 Å². The van der Waals surface area contributed by atoms with Gasteiger partial charge in [-0.15, -0.1) is 5.10 Å². The van der Waals surface area contributed by atoms with Crippen molar-refractivity contribution in [1.29, 1.82) is 0 Å². The van der Waals surface area contributed by atoms with E-state index < -0.39 is 5.97 Å². The summed E-state index contributed by atoms with van der Waals surface area (Å²) in [6.07, 6.45) is 4.00. The Labute approximate surface area is 103 Å². The van der Waals surface area contributed by atoms with Gasteiger partial charge in [0.2, 0.25) is 0 Å². The van der Waals surface area contributed by atoms with Gasteiger partial charge in [-0.2, -0.15) is 4.52 Å². The third kappa shape index (κ3) is 2.90. The standard InChI is InChI=1S/C10H14N6O2/c1-7(2-3-10(17)18)4-12-8-5-11-6-9-13-14-15-16(8)9/h5-7,12H,2-4H2,1H3,(H,17,18). The highest BCUT2D eigenvalue weighted by atomic mass is 16.4. The van der Waals surface area contributed by atoms with Gasteiger partial charge in [0, 0.05) is 13.0 Å². The van der Waals surface area contributed by atoms with Gasteiger partial charge in [0.05, 0.1) is 12.4 Å². The zero-order valence-corrected chi connectivity index (χ0v) is 9.94. The lowest BCUT2D eigenvalue weighted by Gasteiger charge is -2.12. The number of aliphatic carboxylic acids is 1. The minimum absolute atomic E-state index is 0.177. The quantitative estimate of drug-likeness (QED) is 0.765. The van der Waals surface area contributed by atoms with E-state index in [-0.39, 0.29) is 12.3 Å². The first kappa shape index (κ1) is 12.2. The predicted molar refractivity (Wildman–Crippen MR) is 63.1 cm³/mol. The summed E-state index contributed by atoms with van der Waals surface area (Å²) < 4.78 is 1.55. The van der Waals surface area contributed by atoms with Gasteiger partial charge < -0.3 is 10.4 Å². The number of carboxylic acids is 1. The number of nitrogens with one attached hydrogen (secondary N) is 1. The molecule has 0 spiro atoms. The Hall–Kier alpha value is -2.25. The van der Waals surface area contributed by atoms with E-state index in [4.69, 9.17) is 5.11 Å². The Kier molecular flexibility index (Phi) is 3.66. The van der Waals surface area contributed by atoms with Gasteiger partial charge in [-0.25, -0.2) is 0 Å². The number of rotatable bonds is 6. The average Bonchev–Trinajstić information content (AvgIpc) is 2.82. The fourth-order valence-electron chi connectivity index (χ4n) is 1.55. The molecule has 0 fully saturated rings. The number of aromatic nitrogens is 5. The molecule has 2 heterocycles. The molecule has 0 bridgehead atoms. The average molecular weight is 250 g/mol. The first-order valence-electron chi connectivity index (χ1n) is 5.64. The zero-order chi connectivity index (χ0) is 13.0. The van der Waals surface area contributed by atoms with Crippen molar-refractivity contribution in [2.75, 3.05) is 11.9 Å². The molecule has 2 N–H and O–H groups in total. The van der Waals surface area contributed by atoms with Gasteiger partial charge in [-0.3, -0.25) is 9.78 Å². The maximum Gasteiger partial charge on any atom is 0.303 e. The van der Waals surface area contributed by atoms with Crippen LogP contribution in [0.5, 0.6) is 0 Å². The zero-order valence-electron chi connectivity index (χ0n) is 9.94. The van der Waals surface area contributed by atoms with Crippen LogP contribution in [0.25, 0.3) is 5.65 Å². The number of nitrogens with zero attached hydrogens (tertiary/aromatic N) is 5. The second kappa shape index (κ2) is 5.39. The maximum atomic E-state index is 10.5. The van der Waals surface area contributed by atoms with Crippen molar-refractivity contribution < 1.29 is 9.90 Å². The summed E-state index contributed by atoms with van der Waals surface area (Å²) in [5, 5.41) is 22.9. The minimum atomic E-state index is -0.772. The molecule has 0 aliphatic heterocycles. The fourth-order valence-corrected chi connectivity index (χ4v) is 1.55. The molecule has 8 nitrogen and oxygen atoms in total. The second-order valence-electron chi connectivity index (χ2n) is 4.16. The molecule has 18 heavy (non-hydrogen) atoms. The van der Waals surface area contributed by atoms with Crippen LogP contribution in [0, 0.1) is 5.92 Å². The Bertz CT molecular complexity index is 540. The van der Waals surface area contributed by atoms with Crippen molar-refractivity contribution in [3.63, 3.8) is 0 Å². The topological polar surface area (TPSA) is 105 Å². The molecule has 0 saturated heterocycles. The van der Waals surface area contributed by atoms with Gasteiger partial charge in [0.15, 0.2) is 5.65 Å². The SMILES string of the molecule is CC(CCC(=O)O)CNc1cncc2nnnn12. The number of carbonyl (C=O) groups is 1. The molecular weight excluding hydrogens is 236 g/mol. The number of hydrogen-bond donors (Lipinski definition) is 2. The highest BCUT2D eigenvalue weighted by Gasteiger charge is 2.08. The smallest absolute Gasteiger partial charge is 0.303 e.